The fraction of sp³-hybridized carbons (Fsp3) is 0.667. The van der Waals surface area contributed by atoms with Gasteiger partial charge < -0.3 is 20.1 Å². The second-order valence-electron chi connectivity index (χ2n) is 4.29. The Morgan fingerprint density at radius 2 is 1.74 bits per heavy atom. The Labute approximate surface area is 129 Å². The number of rotatable bonds is 8. The number of hydrogen-bond acceptors (Lipinski definition) is 6. The van der Waals surface area contributed by atoms with E-state index in [2.05, 4.69) is 10.1 Å². The minimum absolute atomic E-state index is 0.273. The molecule has 1 atom stereocenters. The molecule has 132 valence electrons. The number of hydrogen-bond donors (Lipinski definition) is 2. The lowest BCUT2D eigenvalue weighted by Gasteiger charge is -2.17. The molecule has 0 bridgehead atoms. The average Bonchev–Trinajstić information content (AvgIpc) is 2.47. The van der Waals surface area contributed by atoms with Gasteiger partial charge in [0.25, 0.3) is 0 Å². The minimum atomic E-state index is -5.08. The van der Waals surface area contributed by atoms with Crippen molar-refractivity contribution in [2.75, 3.05) is 20.3 Å². The van der Waals surface area contributed by atoms with Gasteiger partial charge in [0.2, 0.25) is 5.91 Å². The Bertz CT molecular complexity index is 453. The van der Waals surface area contributed by atoms with Crippen molar-refractivity contribution < 1.29 is 41.8 Å². The van der Waals surface area contributed by atoms with Crippen molar-refractivity contribution in [1.29, 1.82) is 0 Å². The summed E-state index contributed by atoms with van der Waals surface area (Å²) in [5.41, 5.74) is 0. The van der Waals surface area contributed by atoms with Gasteiger partial charge in [-0.3, -0.25) is 19.2 Å². The first-order valence-electron chi connectivity index (χ1n) is 6.47. The predicted molar refractivity (Wildman–Crippen MR) is 68.9 cm³/mol. The zero-order chi connectivity index (χ0) is 18.0. The molecule has 2 amide bonds. The first-order valence-corrected chi connectivity index (χ1v) is 6.47. The van der Waals surface area contributed by atoms with Gasteiger partial charge in [-0.15, -0.1) is 0 Å². The summed E-state index contributed by atoms with van der Waals surface area (Å²) in [6, 6.07) is -0.674. The lowest BCUT2D eigenvalue weighted by atomic mass is 10.2. The van der Waals surface area contributed by atoms with E-state index < -0.39 is 48.9 Å². The van der Waals surface area contributed by atoms with Crippen LogP contribution in [0.4, 0.5) is 13.2 Å². The lowest BCUT2D eigenvalue weighted by molar-refractivity contribution is -0.173. The van der Waals surface area contributed by atoms with Crippen molar-refractivity contribution in [3.63, 3.8) is 0 Å². The van der Waals surface area contributed by atoms with Gasteiger partial charge in [0, 0.05) is 0 Å². The monoisotopic (exact) mass is 342 g/mol. The van der Waals surface area contributed by atoms with Crippen LogP contribution in [0.25, 0.3) is 0 Å². The molecule has 0 radical (unpaired) electrons. The summed E-state index contributed by atoms with van der Waals surface area (Å²) in [5, 5.41) is 3.69. The van der Waals surface area contributed by atoms with Crippen molar-refractivity contribution in [2.45, 2.75) is 32.0 Å². The Morgan fingerprint density at radius 3 is 2.22 bits per heavy atom. The summed E-state index contributed by atoms with van der Waals surface area (Å²) >= 11 is 0. The van der Waals surface area contributed by atoms with E-state index >= 15 is 0 Å². The van der Waals surface area contributed by atoms with E-state index in [0.29, 0.717) is 6.42 Å². The van der Waals surface area contributed by atoms with E-state index in [4.69, 9.17) is 4.74 Å². The summed E-state index contributed by atoms with van der Waals surface area (Å²) in [6.45, 7) is 0.490. The maximum atomic E-state index is 11.9. The highest BCUT2D eigenvalue weighted by Crippen LogP contribution is 2.13. The van der Waals surface area contributed by atoms with Crippen LogP contribution in [0, 0.1) is 0 Å². The fourth-order valence-electron chi connectivity index (χ4n) is 1.24. The smallest absolute Gasteiger partial charge is 0.469 e. The summed E-state index contributed by atoms with van der Waals surface area (Å²) in [5.74, 6) is -4.76. The normalized spacial score (nSPS) is 12.0. The SMILES string of the molecule is CCC(COC(=O)CC(=O)OC)NC(=O)CNC(=O)C(F)(F)F. The number of ether oxygens (including phenoxy) is 2. The van der Waals surface area contributed by atoms with E-state index in [1.54, 1.807) is 6.92 Å². The molecule has 0 aromatic rings. The van der Waals surface area contributed by atoms with Gasteiger partial charge in [0.15, 0.2) is 0 Å². The maximum Gasteiger partial charge on any atom is 0.471 e. The summed E-state index contributed by atoms with van der Waals surface area (Å²) < 4.78 is 44.8. The molecular weight excluding hydrogens is 325 g/mol. The van der Waals surface area contributed by atoms with Gasteiger partial charge in [0.1, 0.15) is 13.0 Å². The maximum absolute atomic E-state index is 11.9. The molecule has 0 aromatic carbocycles. The van der Waals surface area contributed by atoms with Crippen LogP contribution in [0.3, 0.4) is 0 Å². The van der Waals surface area contributed by atoms with E-state index in [0.717, 1.165) is 7.11 Å². The van der Waals surface area contributed by atoms with Crippen molar-refractivity contribution in [1.82, 2.24) is 10.6 Å². The quantitative estimate of drug-likeness (QED) is 0.461. The van der Waals surface area contributed by atoms with Crippen molar-refractivity contribution in [3.05, 3.63) is 0 Å². The highest BCUT2D eigenvalue weighted by atomic mass is 19.4. The molecule has 0 saturated carbocycles. The molecule has 0 fully saturated rings. The largest absolute Gasteiger partial charge is 0.471 e. The van der Waals surface area contributed by atoms with Crippen LogP contribution in [-0.2, 0) is 28.7 Å². The lowest BCUT2D eigenvalue weighted by Crippen LogP contribution is -2.46. The van der Waals surface area contributed by atoms with Crippen LogP contribution in [0.15, 0.2) is 0 Å². The standard InChI is InChI=1S/C12H17F3N2O6/c1-3-7(6-23-10(20)4-9(19)22-2)17-8(18)5-16-11(21)12(13,14)15/h7H,3-6H2,1-2H3,(H,16,21)(H,17,18). The number of carbonyl (C=O) groups excluding carboxylic acids is 4. The number of amides is 2. The molecule has 0 aliphatic heterocycles. The van der Waals surface area contributed by atoms with Crippen molar-refractivity contribution >= 4 is 23.8 Å². The van der Waals surface area contributed by atoms with Crippen LogP contribution in [0.5, 0.6) is 0 Å². The van der Waals surface area contributed by atoms with E-state index in [9.17, 15) is 32.3 Å². The van der Waals surface area contributed by atoms with Crippen molar-refractivity contribution in [3.8, 4) is 0 Å². The van der Waals surface area contributed by atoms with E-state index in [-0.39, 0.29) is 6.61 Å². The fourth-order valence-corrected chi connectivity index (χ4v) is 1.24. The predicted octanol–water partition coefficient (Wildman–Crippen LogP) is -0.334. The van der Waals surface area contributed by atoms with Gasteiger partial charge in [0.05, 0.1) is 19.7 Å². The van der Waals surface area contributed by atoms with Crippen LogP contribution in [0.1, 0.15) is 19.8 Å². The second kappa shape index (κ2) is 9.64. The third kappa shape index (κ3) is 9.32. The van der Waals surface area contributed by atoms with Crippen molar-refractivity contribution in [2.24, 2.45) is 0 Å². The Kier molecular flexibility index (Phi) is 8.66. The average molecular weight is 342 g/mol. The number of nitrogens with one attached hydrogen (secondary N) is 2. The Hall–Kier alpha value is -2.33. The minimum Gasteiger partial charge on any atom is -0.469 e. The Balaban J connectivity index is 4.18. The molecule has 23 heavy (non-hydrogen) atoms. The van der Waals surface area contributed by atoms with Crippen LogP contribution < -0.4 is 10.6 Å². The summed E-state index contributed by atoms with van der Waals surface area (Å²) in [4.78, 5) is 44.0. The van der Waals surface area contributed by atoms with Gasteiger partial charge in [-0.05, 0) is 6.42 Å². The first-order chi connectivity index (χ1) is 10.6. The molecule has 0 rings (SSSR count). The highest BCUT2D eigenvalue weighted by molar-refractivity contribution is 5.91. The number of halogens is 3. The van der Waals surface area contributed by atoms with Gasteiger partial charge in [-0.1, -0.05) is 6.92 Å². The third-order valence-corrected chi connectivity index (χ3v) is 2.49. The molecule has 0 spiro atoms. The first kappa shape index (κ1) is 20.7. The van der Waals surface area contributed by atoms with Crippen LogP contribution >= 0.6 is 0 Å². The summed E-state index contributed by atoms with van der Waals surface area (Å²) in [7, 11) is 1.10. The number of carbonyl (C=O) groups is 4. The number of esters is 2. The second-order valence-corrected chi connectivity index (χ2v) is 4.29. The molecule has 0 aliphatic carbocycles. The highest BCUT2D eigenvalue weighted by Gasteiger charge is 2.38. The molecule has 1 unspecified atom stereocenters. The Morgan fingerprint density at radius 1 is 1.13 bits per heavy atom. The summed E-state index contributed by atoms with van der Waals surface area (Å²) in [6.07, 6.45) is -5.36. The van der Waals surface area contributed by atoms with Gasteiger partial charge in [-0.25, -0.2) is 0 Å². The number of methoxy groups -OCH3 is 1. The van der Waals surface area contributed by atoms with E-state index in [1.807, 2.05) is 0 Å². The van der Waals surface area contributed by atoms with Gasteiger partial charge in [-0.2, -0.15) is 13.2 Å². The molecule has 0 heterocycles. The molecule has 0 saturated heterocycles. The van der Waals surface area contributed by atoms with Crippen LogP contribution in [0.2, 0.25) is 0 Å². The third-order valence-electron chi connectivity index (χ3n) is 2.49. The zero-order valence-electron chi connectivity index (χ0n) is 12.5. The molecule has 8 nitrogen and oxygen atoms in total. The molecule has 11 heteroatoms. The van der Waals surface area contributed by atoms with Gasteiger partial charge >= 0.3 is 24.0 Å². The molecule has 0 aliphatic rings. The molecule has 0 aromatic heterocycles. The topological polar surface area (TPSA) is 111 Å². The number of alkyl halides is 3. The van der Waals surface area contributed by atoms with E-state index in [1.165, 1.54) is 5.32 Å². The molecular formula is C12H17F3N2O6. The zero-order valence-corrected chi connectivity index (χ0v) is 12.5. The molecule has 2 N–H and O–H groups in total. The van der Waals surface area contributed by atoms with Crippen LogP contribution in [-0.4, -0.2) is 56.2 Å².